The van der Waals surface area contributed by atoms with E-state index in [9.17, 15) is 4.79 Å². The molecule has 1 amide bonds. The van der Waals surface area contributed by atoms with Crippen molar-refractivity contribution in [3.63, 3.8) is 0 Å². The minimum Gasteiger partial charge on any atom is -0.490 e. The zero-order valence-electron chi connectivity index (χ0n) is 14.1. The molecule has 0 aliphatic heterocycles. The molecule has 0 bridgehead atoms. The Morgan fingerprint density at radius 1 is 1.18 bits per heavy atom. The van der Waals surface area contributed by atoms with E-state index in [1.807, 2.05) is 33.1 Å². The number of likely N-dealkylation sites (N-methyl/N-ethyl adjacent to an activating group) is 1. The predicted octanol–water partition coefficient (Wildman–Crippen LogP) is 0.891. The Morgan fingerprint density at radius 2 is 1.86 bits per heavy atom. The van der Waals surface area contributed by atoms with E-state index in [2.05, 4.69) is 10.2 Å². The number of carbonyl (C=O) groups is 1. The molecule has 0 radical (unpaired) electrons. The molecule has 6 nitrogen and oxygen atoms in total. The van der Waals surface area contributed by atoms with Gasteiger partial charge in [0.2, 0.25) is 0 Å². The van der Waals surface area contributed by atoms with Crippen LogP contribution in [0.5, 0.6) is 5.75 Å². The summed E-state index contributed by atoms with van der Waals surface area (Å²) in [7, 11) is 7.98. The topological polar surface area (TPSA) is 70.8 Å². The molecule has 6 heteroatoms. The van der Waals surface area contributed by atoms with Crippen LogP contribution in [0.3, 0.4) is 0 Å². The summed E-state index contributed by atoms with van der Waals surface area (Å²) >= 11 is 0. The molecule has 0 aliphatic rings. The zero-order valence-corrected chi connectivity index (χ0v) is 14.1. The van der Waals surface area contributed by atoms with Crippen LogP contribution in [0.2, 0.25) is 0 Å². The summed E-state index contributed by atoms with van der Waals surface area (Å²) in [4.78, 5) is 16.2. The third-order valence-corrected chi connectivity index (χ3v) is 3.14. The van der Waals surface area contributed by atoms with Crippen molar-refractivity contribution in [2.45, 2.75) is 6.42 Å². The highest BCUT2D eigenvalue weighted by atomic mass is 16.5. The van der Waals surface area contributed by atoms with Crippen LogP contribution in [0.15, 0.2) is 18.2 Å². The molecule has 0 heterocycles. The zero-order chi connectivity index (χ0) is 16.5. The molecule has 0 aromatic heterocycles. The lowest BCUT2D eigenvalue weighted by molar-refractivity contribution is 0.0952. The fourth-order valence-corrected chi connectivity index (χ4v) is 1.84. The van der Waals surface area contributed by atoms with Gasteiger partial charge >= 0.3 is 0 Å². The van der Waals surface area contributed by atoms with Crippen LogP contribution in [0.1, 0.15) is 16.8 Å². The Kier molecular flexibility index (Phi) is 7.70. The molecule has 0 fully saturated rings. The molecule has 1 rings (SSSR count). The van der Waals surface area contributed by atoms with Gasteiger partial charge in [0.1, 0.15) is 12.4 Å². The normalized spacial score (nSPS) is 11.0. The molecule has 0 saturated heterocycles. The van der Waals surface area contributed by atoms with Gasteiger partial charge in [-0.3, -0.25) is 4.79 Å². The standard InChI is InChI=1S/C16H28N4O2/c1-19(2)9-5-8-18-16(21)13-6-7-14(17)15(12-13)22-11-10-20(3)4/h6-7,12H,5,8-11,17H2,1-4H3,(H,18,21). The van der Waals surface area contributed by atoms with Crippen molar-refractivity contribution in [2.24, 2.45) is 0 Å². The van der Waals surface area contributed by atoms with Crippen molar-refractivity contribution in [3.05, 3.63) is 23.8 Å². The molecule has 124 valence electrons. The number of ether oxygens (including phenoxy) is 1. The van der Waals surface area contributed by atoms with Gasteiger partial charge in [-0.1, -0.05) is 0 Å². The maximum atomic E-state index is 12.1. The Morgan fingerprint density at radius 3 is 2.50 bits per heavy atom. The lowest BCUT2D eigenvalue weighted by Gasteiger charge is -2.14. The summed E-state index contributed by atoms with van der Waals surface area (Å²) in [5, 5.41) is 2.91. The lowest BCUT2D eigenvalue weighted by Crippen LogP contribution is -2.27. The average molecular weight is 308 g/mol. The van der Waals surface area contributed by atoms with E-state index in [0.717, 1.165) is 19.5 Å². The van der Waals surface area contributed by atoms with Gasteiger partial charge in [0.15, 0.2) is 0 Å². The van der Waals surface area contributed by atoms with E-state index in [1.54, 1.807) is 18.2 Å². The van der Waals surface area contributed by atoms with E-state index in [4.69, 9.17) is 10.5 Å². The average Bonchev–Trinajstić information content (AvgIpc) is 2.44. The molecule has 0 unspecified atom stereocenters. The van der Waals surface area contributed by atoms with Crippen LogP contribution in [0.25, 0.3) is 0 Å². The maximum Gasteiger partial charge on any atom is 0.251 e. The smallest absolute Gasteiger partial charge is 0.251 e. The molecule has 0 atom stereocenters. The van der Waals surface area contributed by atoms with E-state index in [0.29, 0.717) is 30.2 Å². The van der Waals surface area contributed by atoms with Crippen LogP contribution in [-0.2, 0) is 0 Å². The van der Waals surface area contributed by atoms with Gasteiger partial charge in [-0.2, -0.15) is 0 Å². The number of benzene rings is 1. The first-order chi connectivity index (χ1) is 10.4. The van der Waals surface area contributed by atoms with Crippen LogP contribution >= 0.6 is 0 Å². The number of hydrogen-bond acceptors (Lipinski definition) is 5. The van der Waals surface area contributed by atoms with Crippen LogP contribution < -0.4 is 15.8 Å². The first kappa shape index (κ1) is 18.3. The second kappa shape index (κ2) is 9.27. The molecule has 1 aromatic carbocycles. The number of rotatable bonds is 9. The largest absolute Gasteiger partial charge is 0.490 e. The van der Waals surface area contributed by atoms with Crippen LogP contribution in [0, 0.1) is 0 Å². The monoisotopic (exact) mass is 308 g/mol. The lowest BCUT2D eigenvalue weighted by atomic mass is 10.1. The van der Waals surface area contributed by atoms with Crippen molar-refractivity contribution in [2.75, 3.05) is 60.2 Å². The van der Waals surface area contributed by atoms with Gasteiger partial charge in [0, 0.05) is 18.7 Å². The highest BCUT2D eigenvalue weighted by Gasteiger charge is 2.09. The number of hydrogen-bond donors (Lipinski definition) is 2. The molecule has 0 aliphatic carbocycles. The minimum atomic E-state index is -0.101. The number of anilines is 1. The summed E-state index contributed by atoms with van der Waals surface area (Å²) in [6.07, 6.45) is 0.917. The third-order valence-electron chi connectivity index (χ3n) is 3.14. The molecule has 3 N–H and O–H groups in total. The number of nitrogen functional groups attached to an aromatic ring is 1. The quantitative estimate of drug-likeness (QED) is 0.524. The highest BCUT2D eigenvalue weighted by Crippen LogP contribution is 2.22. The molecule has 22 heavy (non-hydrogen) atoms. The molecular formula is C16H28N4O2. The number of nitrogens with one attached hydrogen (secondary N) is 1. The summed E-state index contributed by atoms with van der Waals surface area (Å²) in [6, 6.07) is 5.13. The van der Waals surface area contributed by atoms with Crippen molar-refractivity contribution >= 4 is 11.6 Å². The SMILES string of the molecule is CN(C)CCCNC(=O)c1ccc(N)c(OCCN(C)C)c1. The Bertz CT molecular complexity index is 475. The summed E-state index contributed by atoms with van der Waals surface area (Å²) in [6.45, 7) is 2.92. The second-order valence-electron chi connectivity index (χ2n) is 5.82. The van der Waals surface area contributed by atoms with Gasteiger partial charge in [-0.25, -0.2) is 0 Å². The van der Waals surface area contributed by atoms with E-state index < -0.39 is 0 Å². The number of carbonyl (C=O) groups excluding carboxylic acids is 1. The number of amides is 1. The van der Waals surface area contributed by atoms with Crippen LogP contribution in [-0.4, -0.2) is 70.1 Å². The highest BCUT2D eigenvalue weighted by molar-refractivity contribution is 5.95. The fraction of sp³-hybridized carbons (Fsp3) is 0.562. The van der Waals surface area contributed by atoms with Gasteiger partial charge in [0.25, 0.3) is 5.91 Å². The molecule has 1 aromatic rings. The molecular weight excluding hydrogens is 280 g/mol. The molecule has 0 saturated carbocycles. The first-order valence-corrected chi connectivity index (χ1v) is 7.50. The van der Waals surface area contributed by atoms with E-state index >= 15 is 0 Å². The summed E-state index contributed by atoms with van der Waals surface area (Å²) in [5.74, 6) is 0.457. The van der Waals surface area contributed by atoms with Crippen molar-refractivity contribution < 1.29 is 9.53 Å². The van der Waals surface area contributed by atoms with Gasteiger partial charge in [-0.15, -0.1) is 0 Å². The van der Waals surface area contributed by atoms with Crippen molar-refractivity contribution in [1.29, 1.82) is 0 Å². The van der Waals surface area contributed by atoms with Gasteiger partial charge in [-0.05, 0) is 59.4 Å². The van der Waals surface area contributed by atoms with E-state index in [-0.39, 0.29) is 5.91 Å². The Labute approximate surface area is 133 Å². The first-order valence-electron chi connectivity index (χ1n) is 7.50. The Balaban J connectivity index is 2.54. The second-order valence-corrected chi connectivity index (χ2v) is 5.82. The minimum absolute atomic E-state index is 0.101. The summed E-state index contributed by atoms with van der Waals surface area (Å²) in [5.41, 5.74) is 7.00. The van der Waals surface area contributed by atoms with Crippen LogP contribution in [0.4, 0.5) is 5.69 Å². The number of nitrogens with zero attached hydrogens (tertiary/aromatic N) is 2. The predicted molar refractivity (Wildman–Crippen MR) is 90.4 cm³/mol. The number of nitrogens with two attached hydrogens (primary N) is 1. The van der Waals surface area contributed by atoms with Gasteiger partial charge < -0.3 is 25.6 Å². The Hall–Kier alpha value is -1.79. The third kappa shape index (κ3) is 6.78. The fourth-order valence-electron chi connectivity index (χ4n) is 1.84. The van der Waals surface area contributed by atoms with Crippen molar-refractivity contribution in [3.8, 4) is 5.75 Å². The van der Waals surface area contributed by atoms with Crippen molar-refractivity contribution in [1.82, 2.24) is 15.1 Å². The molecule has 0 spiro atoms. The van der Waals surface area contributed by atoms with Gasteiger partial charge in [0.05, 0.1) is 5.69 Å². The van der Waals surface area contributed by atoms with E-state index in [1.165, 1.54) is 0 Å². The summed E-state index contributed by atoms with van der Waals surface area (Å²) < 4.78 is 5.64. The maximum absolute atomic E-state index is 12.1.